The lowest BCUT2D eigenvalue weighted by Crippen LogP contribution is -2.13. The summed E-state index contributed by atoms with van der Waals surface area (Å²) in [5.74, 6) is -0.745. The number of hydrogen-bond acceptors (Lipinski definition) is 2. The summed E-state index contributed by atoms with van der Waals surface area (Å²) in [6.07, 6.45) is 0. The number of benzene rings is 2. The molecule has 0 aliphatic heterocycles. The van der Waals surface area contributed by atoms with E-state index in [9.17, 15) is 9.18 Å². The number of nitrogens with zero attached hydrogens (tertiary/aromatic N) is 1. The van der Waals surface area contributed by atoms with Crippen LogP contribution >= 0.6 is 0 Å². The molecule has 0 aliphatic rings. The van der Waals surface area contributed by atoms with Crippen LogP contribution in [0.2, 0.25) is 0 Å². The predicted octanol–water partition coefficient (Wildman–Crippen LogP) is 3.14. The van der Waals surface area contributed by atoms with Crippen molar-refractivity contribution in [1.82, 2.24) is 0 Å². The minimum atomic E-state index is -0.422. The maximum Gasteiger partial charge on any atom is 0.255 e. The maximum atomic E-state index is 13.0. The highest BCUT2D eigenvalue weighted by atomic mass is 19.1. The van der Waals surface area contributed by atoms with Crippen LogP contribution in [0.4, 0.5) is 15.8 Å². The first-order valence-electron chi connectivity index (χ1n) is 5.90. The van der Waals surface area contributed by atoms with Gasteiger partial charge in [0.15, 0.2) is 0 Å². The molecule has 19 heavy (non-hydrogen) atoms. The summed E-state index contributed by atoms with van der Waals surface area (Å²) in [4.78, 5) is 13.9. The van der Waals surface area contributed by atoms with E-state index >= 15 is 0 Å². The van der Waals surface area contributed by atoms with Gasteiger partial charge in [-0.25, -0.2) is 4.39 Å². The molecule has 0 aliphatic carbocycles. The maximum absolute atomic E-state index is 13.0. The van der Waals surface area contributed by atoms with Gasteiger partial charge < -0.3 is 10.2 Å². The second-order valence-corrected chi connectivity index (χ2v) is 4.41. The van der Waals surface area contributed by atoms with Gasteiger partial charge in [0.2, 0.25) is 0 Å². The molecule has 98 valence electrons. The summed E-state index contributed by atoms with van der Waals surface area (Å²) in [7, 11) is 3.85. The van der Waals surface area contributed by atoms with Crippen molar-refractivity contribution in [3.8, 4) is 0 Å². The van der Waals surface area contributed by atoms with Gasteiger partial charge in [-0.2, -0.15) is 0 Å². The van der Waals surface area contributed by atoms with Crippen molar-refractivity contribution in [2.45, 2.75) is 0 Å². The largest absolute Gasteiger partial charge is 0.378 e. The minimum Gasteiger partial charge on any atom is -0.378 e. The average Bonchev–Trinajstić information content (AvgIpc) is 2.39. The van der Waals surface area contributed by atoms with Gasteiger partial charge >= 0.3 is 0 Å². The van der Waals surface area contributed by atoms with Crippen molar-refractivity contribution < 1.29 is 9.18 Å². The molecule has 0 atom stereocenters. The molecule has 2 rings (SSSR count). The van der Waals surface area contributed by atoms with E-state index in [1.165, 1.54) is 18.2 Å². The molecule has 0 bridgehead atoms. The monoisotopic (exact) mass is 258 g/mol. The van der Waals surface area contributed by atoms with Crippen LogP contribution in [0.15, 0.2) is 48.5 Å². The Morgan fingerprint density at radius 3 is 2.53 bits per heavy atom. The summed E-state index contributed by atoms with van der Waals surface area (Å²) in [6, 6.07) is 13.1. The van der Waals surface area contributed by atoms with Crippen molar-refractivity contribution in [3.05, 3.63) is 59.9 Å². The van der Waals surface area contributed by atoms with E-state index in [4.69, 9.17) is 0 Å². The highest BCUT2D eigenvalue weighted by Crippen LogP contribution is 2.18. The van der Waals surface area contributed by atoms with Gasteiger partial charge in [-0.05, 0) is 36.4 Å². The van der Waals surface area contributed by atoms with E-state index in [0.29, 0.717) is 11.3 Å². The molecule has 0 heterocycles. The number of carbonyl (C=O) groups is 1. The van der Waals surface area contributed by atoms with Gasteiger partial charge in [-0.15, -0.1) is 0 Å². The van der Waals surface area contributed by atoms with E-state index in [1.54, 1.807) is 12.1 Å². The molecule has 2 aromatic rings. The number of hydrogen-bond donors (Lipinski definition) is 1. The summed E-state index contributed by atoms with van der Waals surface area (Å²) in [5.41, 5.74) is 1.97. The van der Waals surface area contributed by atoms with Gasteiger partial charge in [0.1, 0.15) is 5.82 Å². The van der Waals surface area contributed by atoms with Crippen LogP contribution in [-0.2, 0) is 0 Å². The lowest BCUT2D eigenvalue weighted by Gasteiger charge is -2.14. The minimum absolute atomic E-state index is 0.301. The first-order chi connectivity index (χ1) is 9.06. The number of amides is 1. The Morgan fingerprint density at radius 1 is 1.11 bits per heavy atom. The van der Waals surface area contributed by atoms with E-state index in [2.05, 4.69) is 5.32 Å². The molecule has 0 radical (unpaired) electrons. The molecule has 3 nitrogen and oxygen atoms in total. The molecule has 2 aromatic carbocycles. The summed E-state index contributed by atoms with van der Waals surface area (Å²) in [5, 5.41) is 2.75. The molecule has 4 heteroatoms. The number of carbonyl (C=O) groups excluding carboxylic acids is 1. The quantitative estimate of drug-likeness (QED) is 0.917. The van der Waals surface area contributed by atoms with Crippen LogP contribution in [0.25, 0.3) is 0 Å². The van der Waals surface area contributed by atoms with Crippen LogP contribution in [-0.4, -0.2) is 20.0 Å². The Kier molecular flexibility index (Phi) is 3.80. The van der Waals surface area contributed by atoms with Crippen LogP contribution in [0.5, 0.6) is 0 Å². The lowest BCUT2D eigenvalue weighted by atomic mass is 10.2. The smallest absolute Gasteiger partial charge is 0.255 e. The van der Waals surface area contributed by atoms with Crippen molar-refractivity contribution in [2.24, 2.45) is 0 Å². The van der Waals surface area contributed by atoms with Crippen LogP contribution < -0.4 is 10.2 Å². The SMILES string of the molecule is CN(C)c1cccc(NC(=O)c2cccc(F)c2)c1. The zero-order valence-electron chi connectivity index (χ0n) is 10.9. The molecule has 0 saturated carbocycles. The molecule has 0 spiro atoms. The number of halogens is 1. The van der Waals surface area contributed by atoms with Gasteiger partial charge in [0.25, 0.3) is 5.91 Å². The van der Waals surface area contributed by atoms with E-state index in [0.717, 1.165) is 5.69 Å². The Hall–Kier alpha value is -2.36. The van der Waals surface area contributed by atoms with Gasteiger partial charge in [-0.3, -0.25) is 4.79 Å². The first kappa shape index (κ1) is 13.1. The fourth-order valence-corrected chi connectivity index (χ4v) is 1.69. The van der Waals surface area contributed by atoms with E-state index in [1.807, 2.05) is 37.2 Å². The third-order valence-corrected chi connectivity index (χ3v) is 2.71. The van der Waals surface area contributed by atoms with E-state index < -0.39 is 5.82 Å². The third kappa shape index (κ3) is 3.31. The molecule has 1 amide bonds. The summed E-state index contributed by atoms with van der Waals surface area (Å²) < 4.78 is 13.0. The zero-order chi connectivity index (χ0) is 13.8. The van der Waals surface area contributed by atoms with Crippen molar-refractivity contribution >= 4 is 17.3 Å². The fourth-order valence-electron chi connectivity index (χ4n) is 1.69. The molecular weight excluding hydrogens is 243 g/mol. The van der Waals surface area contributed by atoms with Gasteiger partial charge in [0.05, 0.1) is 0 Å². The highest BCUT2D eigenvalue weighted by molar-refractivity contribution is 6.04. The van der Waals surface area contributed by atoms with Crippen molar-refractivity contribution in [1.29, 1.82) is 0 Å². The fraction of sp³-hybridized carbons (Fsp3) is 0.133. The Balaban J connectivity index is 2.17. The van der Waals surface area contributed by atoms with Crippen LogP contribution in [0, 0.1) is 5.82 Å². The molecule has 1 N–H and O–H groups in total. The second-order valence-electron chi connectivity index (χ2n) is 4.41. The normalized spacial score (nSPS) is 10.1. The molecule has 0 fully saturated rings. The van der Waals surface area contributed by atoms with Gasteiger partial charge in [-0.1, -0.05) is 12.1 Å². The number of nitrogens with one attached hydrogen (secondary N) is 1. The van der Waals surface area contributed by atoms with Crippen molar-refractivity contribution in [2.75, 3.05) is 24.3 Å². The Bertz CT molecular complexity index is 596. The summed E-state index contributed by atoms with van der Waals surface area (Å²) >= 11 is 0. The zero-order valence-corrected chi connectivity index (χ0v) is 10.9. The third-order valence-electron chi connectivity index (χ3n) is 2.71. The van der Waals surface area contributed by atoms with E-state index in [-0.39, 0.29) is 5.91 Å². The summed E-state index contributed by atoms with van der Waals surface area (Å²) in [6.45, 7) is 0. The Morgan fingerprint density at radius 2 is 1.84 bits per heavy atom. The number of anilines is 2. The van der Waals surface area contributed by atoms with Crippen LogP contribution in [0.3, 0.4) is 0 Å². The predicted molar refractivity (Wildman–Crippen MR) is 75.1 cm³/mol. The topological polar surface area (TPSA) is 32.3 Å². The molecule has 0 saturated heterocycles. The van der Waals surface area contributed by atoms with Gasteiger partial charge in [0, 0.05) is 31.0 Å². The molecule has 0 aromatic heterocycles. The van der Waals surface area contributed by atoms with Crippen molar-refractivity contribution in [3.63, 3.8) is 0 Å². The van der Waals surface area contributed by atoms with Crippen LogP contribution in [0.1, 0.15) is 10.4 Å². The highest BCUT2D eigenvalue weighted by Gasteiger charge is 2.07. The standard InChI is InChI=1S/C15H15FN2O/c1-18(2)14-8-4-7-13(10-14)17-15(19)11-5-3-6-12(16)9-11/h3-10H,1-2H3,(H,17,19). The number of rotatable bonds is 3. The Labute approximate surface area is 111 Å². The molecule has 0 unspecified atom stereocenters. The average molecular weight is 258 g/mol. The molecular formula is C15H15FN2O. The second kappa shape index (κ2) is 5.52. The lowest BCUT2D eigenvalue weighted by molar-refractivity contribution is 0.102. The first-order valence-corrected chi connectivity index (χ1v) is 5.90.